The van der Waals surface area contributed by atoms with Gasteiger partial charge in [0.2, 0.25) is 11.8 Å². The van der Waals surface area contributed by atoms with Gasteiger partial charge in [0.1, 0.15) is 12.4 Å². The fourth-order valence-electron chi connectivity index (χ4n) is 5.73. The number of likely N-dealkylation sites (tertiary alicyclic amines) is 1. The van der Waals surface area contributed by atoms with Crippen molar-refractivity contribution in [1.82, 2.24) is 20.3 Å². The molecule has 2 amide bonds. The summed E-state index contributed by atoms with van der Waals surface area (Å²) in [5.41, 5.74) is 5.01. The quantitative estimate of drug-likeness (QED) is 0.333. The predicted molar refractivity (Wildman–Crippen MR) is 145 cm³/mol. The Morgan fingerprint density at radius 1 is 1.18 bits per heavy atom. The smallest absolute Gasteiger partial charge is 0.247 e. The third kappa shape index (κ3) is 5.11. The summed E-state index contributed by atoms with van der Waals surface area (Å²) in [5, 5.41) is 10.3. The molecule has 0 spiro atoms. The molecule has 5 rings (SSSR count). The highest BCUT2D eigenvalue weighted by Gasteiger charge is 2.64. The standard InChI is InChI=1S/C30H36N4O4/c1-4-22-15-21(25-7-5-6-8-27(25)31-22)19-38-24-11-9-20(10-12-24)16-30(17-26(30)28(35)32-37)29(36)34-14-13-23(18-34)33(2)3/h5-12,15,23,26,37H,4,13-14,16-19H2,1-3H3,(H,32,35)/t23-,26+,30-/m0/s1. The SMILES string of the molecule is CCc1cc(COc2ccc(C[C@]3(C(=O)N4CC[C@H](N(C)C)C4)C[C@@H]3C(=O)NO)cc2)c2ccccc2n1. The Morgan fingerprint density at radius 2 is 1.95 bits per heavy atom. The molecule has 1 saturated carbocycles. The molecule has 8 heteroatoms. The summed E-state index contributed by atoms with van der Waals surface area (Å²) >= 11 is 0. The topological polar surface area (TPSA) is 95.0 Å². The maximum absolute atomic E-state index is 13.6. The number of carbonyl (C=O) groups is 2. The number of likely N-dealkylation sites (N-methyl/N-ethyl adjacent to an activating group) is 1. The van der Waals surface area contributed by atoms with E-state index in [2.05, 4.69) is 24.0 Å². The normalized spacial score (nSPS) is 22.6. The first-order valence-corrected chi connectivity index (χ1v) is 13.3. The van der Waals surface area contributed by atoms with Crippen LogP contribution in [0.3, 0.4) is 0 Å². The lowest BCUT2D eigenvalue weighted by molar-refractivity contribution is -0.140. The van der Waals surface area contributed by atoms with Crippen molar-refractivity contribution in [3.05, 3.63) is 71.4 Å². The van der Waals surface area contributed by atoms with Gasteiger partial charge in [0, 0.05) is 35.8 Å². The van der Waals surface area contributed by atoms with Gasteiger partial charge in [-0.3, -0.25) is 19.8 Å². The number of nitrogens with one attached hydrogen (secondary N) is 1. The number of hydrogen-bond acceptors (Lipinski definition) is 6. The summed E-state index contributed by atoms with van der Waals surface area (Å²) in [6.45, 7) is 3.87. The van der Waals surface area contributed by atoms with Gasteiger partial charge in [-0.15, -0.1) is 0 Å². The minimum absolute atomic E-state index is 0.00655. The average Bonchev–Trinajstić information content (AvgIpc) is 3.44. The van der Waals surface area contributed by atoms with E-state index in [1.54, 1.807) is 5.48 Å². The molecule has 1 aliphatic carbocycles. The highest BCUT2D eigenvalue weighted by atomic mass is 16.5. The van der Waals surface area contributed by atoms with Crippen LogP contribution in [0.2, 0.25) is 0 Å². The van der Waals surface area contributed by atoms with E-state index in [4.69, 9.17) is 9.72 Å². The van der Waals surface area contributed by atoms with E-state index in [0.29, 0.717) is 38.6 Å². The van der Waals surface area contributed by atoms with Crippen molar-refractivity contribution in [3.8, 4) is 5.75 Å². The number of para-hydroxylation sites is 1. The lowest BCUT2D eigenvalue weighted by atomic mass is 9.92. The predicted octanol–water partition coefficient (Wildman–Crippen LogP) is 3.59. The highest BCUT2D eigenvalue weighted by molar-refractivity contribution is 5.96. The van der Waals surface area contributed by atoms with Crippen molar-refractivity contribution < 1.29 is 19.5 Å². The van der Waals surface area contributed by atoms with Gasteiger partial charge in [0.25, 0.3) is 0 Å². The van der Waals surface area contributed by atoms with Crippen LogP contribution < -0.4 is 10.2 Å². The molecule has 0 bridgehead atoms. The number of pyridine rings is 1. The van der Waals surface area contributed by atoms with Crippen molar-refractivity contribution in [2.75, 3.05) is 27.2 Å². The molecule has 3 aromatic rings. The number of hydrogen-bond donors (Lipinski definition) is 2. The van der Waals surface area contributed by atoms with E-state index < -0.39 is 17.2 Å². The minimum atomic E-state index is -0.817. The number of hydroxylamine groups is 1. The van der Waals surface area contributed by atoms with Crippen LogP contribution in [0.5, 0.6) is 5.75 Å². The molecule has 8 nitrogen and oxygen atoms in total. The Bertz CT molecular complexity index is 1330. The van der Waals surface area contributed by atoms with Gasteiger partial charge in [-0.25, -0.2) is 5.48 Å². The Labute approximate surface area is 223 Å². The summed E-state index contributed by atoms with van der Waals surface area (Å²) in [6, 6.07) is 18.3. The highest BCUT2D eigenvalue weighted by Crippen LogP contribution is 2.56. The van der Waals surface area contributed by atoms with Crippen LogP contribution in [0, 0.1) is 11.3 Å². The van der Waals surface area contributed by atoms with Crippen molar-refractivity contribution in [1.29, 1.82) is 0 Å². The molecular formula is C30H36N4O4. The summed E-state index contributed by atoms with van der Waals surface area (Å²) < 4.78 is 6.14. The molecule has 0 radical (unpaired) electrons. The van der Waals surface area contributed by atoms with E-state index in [1.165, 1.54) is 0 Å². The van der Waals surface area contributed by atoms with Crippen molar-refractivity contribution >= 4 is 22.7 Å². The van der Waals surface area contributed by atoms with Crippen LogP contribution >= 0.6 is 0 Å². The zero-order chi connectivity index (χ0) is 26.9. The molecule has 1 aliphatic heterocycles. The molecular weight excluding hydrogens is 480 g/mol. The number of rotatable bonds is 9. The van der Waals surface area contributed by atoms with Gasteiger partial charge in [0.15, 0.2) is 0 Å². The van der Waals surface area contributed by atoms with Crippen LogP contribution in [0.25, 0.3) is 10.9 Å². The first-order chi connectivity index (χ1) is 18.3. The fraction of sp³-hybridized carbons (Fsp3) is 0.433. The van der Waals surface area contributed by atoms with Crippen LogP contribution in [0.4, 0.5) is 0 Å². The Kier molecular flexibility index (Phi) is 7.36. The van der Waals surface area contributed by atoms with Crippen LogP contribution in [-0.4, -0.2) is 65.0 Å². The maximum atomic E-state index is 13.6. The number of carbonyl (C=O) groups excluding carboxylic acids is 2. The summed E-state index contributed by atoms with van der Waals surface area (Å²) in [4.78, 5) is 34.7. The second-order valence-corrected chi connectivity index (χ2v) is 10.8. The summed E-state index contributed by atoms with van der Waals surface area (Å²) in [6.07, 6.45) is 2.66. The number of nitrogens with zero attached hydrogens (tertiary/aromatic N) is 3. The lowest BCUT2D eigenvalue weighted by Gasteiger charge is -2.25. The molecule has 0 unspecified atom stereocenters. The van der Waals surface area contributed by atoms with Crippen LogP contribution in [0.1, 0.15) is 36.6 Å². The van der Waals surface area contributed by atoms with Gasteiger partial charge in [-0.1, -0.05) is 37.3 Å². The molecule has 2 fully saturated rings. The maximum Gasteiger partial charge on any atom is 0.247 e. The number of benzene rings is 2. The minimum Gasteiger partial charge on any atom is -0.489 e. The number of aryl methyl sites for hydroxylation is 1. The van der Waals surface area contributed by atoms with Gasteiger partial charge in [0.05, 0.1) is 16.8 Å². The van der Waals surface area contributed by atoms with Gasteiger partial charge < -0.3 is 14.5 Å². The summed E-state index contributed by atoms with van der Waals surface area (Å²) in [5.74, 6) is -0.270. The van der Waals surface area contributed by atoms with Crippen LogP contribution in [0.15, 0.2) is 54.6 Å². The van der Waals surface area contributed by atoms with Crippen molar-refractivity contribution in [2.45, 2.75) is 45.3 Å². The Morgan fingerprint density at radius 3 is 2.63 bits per heavy atom. The number of amides is 2. The third-order valence-corrected chi connectivity index (χ3v) is 8.16. The first-order valence-electron chi connectivity index (χ1n) is 13.3. The second-order valence-electron chi connectivity index (χ2n) is 10.8. The molecule has 2 heterocycles. The molecule has 2 aliphatic rings. The lowest BCUT2D eigenvalue weighted by Crippen LogP contribution is -2.41. The molecule has 1 saturated heterocycles. The second kappa shape index (κ2) is 10.7. The van der Waals surface area contributed by atoms with E-state index in [9.17, 15) is 14.8 Å². The average molecular weight is 517 g/mol. The molecule has 2 aromatic carbocycles. The third-order valence-electron chi connectivity index (χ3n) is 8.16. The van der Waals surface area contributed by atoms with E-state index in [-0.39, 0.29) is 5.91 Å². The number of fused-ring (bicyclic) bond motifs is 1. The van der Waals surface area contributed by atoms with Crippen LogP contribution in [-0.2, 0) is 29.0 Å². The van der Waals surface area contributed by atoms with E-state index >= 15 is 0 Å². The largest absolute Gasteiger partial charge is 0.489 e. The molecule has 38 heavy (non-hydrogen) atoms. The molecule has 2 N–H and O–H groups in total. The molecule has 200 valence electrons. The van der Waals surface area contributed by atoms with E-state index in [0.717, 1.165) is 46.3 Å². The number of aromatic nitrogens is 1. The van der Waals surface area contributed by atoms with Crippen molar-refractivity contribution in [3.63, 3.8) is 0 Å². The first kappa shape index (κ1) is 26.1. The molecule has 3 atom stereocenters. The molecule has 1 aromatic heterocycles. The van der Waals surface area contributed by atoms with E-state index in [1.807, 2.05) is 61.5 Å². The Hall–Kier alpha value is -3.49. The van der Waals surface area contributed by atoms with Gasteiger partial charge >= 0.3 is 0 Å². The zero-order valence-corrected chi connectivity index (χ0v) is 22.3. The van der Waals surface area contributed by atoms with Crippen molar-refractivity contribution in [2.24, 2.45) is 11.3 Å². The number of ether oxygens (including phenoxy) is 1. The fourth-order valence-corrected chi connectivity index (χ4v) is 5.73. The summed E-state index contributed by atoms with van der Waals surface area (Å²) in [7, 11) is 4.05. The Balaban J connectivity index is 1.29. The van der Waals surface area contributed by atoms with Gasteiger partial charge in [-0.2, -0.15) is 0 Å². The zero-order valence-electron chi connectivity index (χ0n) is 22.3. The van der Waals surface area contributed by atoms with Gasteiger partial charge in [-0.05, 0) is 69.6 Å². The monoisotopic (exact) mass is 516 g/mol.